The molecule has 2 nitrogen and oxygen atoms in total. The molecule has 124 valence electrons. The molecule has 0 aromatic rings. The smallest absolute Gasteiger partial charge is 0.155 e. The number of allylic oxidation sites excluding steroid dienone is 1. The minimum atomic E-state index is 0.266. The molecule has 0 aliphatic heterocycles. The molecule has 0 radical (unpaired) electrons. The van der Waals surface area contributed by atoms with Gasteiger partial charge < -0.3 is 0 Å². The van der Waals surface area contributed by atoms with Crippen LogP contribution in [0.2, 0.25) is 0 Å². The summed E-state index contributed by atoms with van der Waals surface area (Å²) in [6.07, 6.45) is 11.5. The van der Waals surface area contributed by atoms with E-state index in [-0.39, 0.29) is 5.41 Å². The molecule has 5 saturated carbocycles. The molecule has 0 unspecified atom stereocenters. The summed E-state index contributed by atoms with van der Waals surface area (Å²) >= 11 is 0. The first-order valence-electron chi connectivity index (χ1n) is 9.71. The topological polar surface area (TPSA) is 34.1 Å². The van der Waals surface area contributed by atoms with Crippen molar-refractivity contribution in [3.63, 3.8) is 0 Å². The van der Waals surface area contributed by atoms with E-state index in [2.05, 4.69) is 6.92 Å². The fraction of sp³-hybridized carbons (Fsp3) is 0.810. The zero-order valence-corrected chi connectivity index (χ0v) is 14.4. The predicted octanol–water partition coefficient (Wildman–Crippen LogP) is 4.33. The summed E-state index contributed by atoms with van der Waals surface area (Å²) in [5.74, 6) is 4.19. The Morgan fingerprint density at radius 1 is 1.17 bits per heavy atom. The van der Waals surface area contributed by atoms with Crippen LogP contribution >= 0.6 is 0 Å². The Kier molecular flexibility index (Phi) is 2.74. The van der Waals surface area contributed by atoms with E-state index in [0.717, 1.165) is 37.0 Å². The summed E-state index contributed by atoms with van der Waals surface area (Å²) in [7, 11) is 0. The van der Waals surface area contributed by atoms with Crippen molar-refractivity contribution in [2.24, 2.45) is 40.4 Å². The molecule has 6 rings (SSSR count). The Morgan fingerprint density at radius 2 is 2.00 bits per heavy atom. The van der Waals surface area contributed by atoms with Crippen LogP contribution in [-0.4, -0.2) is 11.6 Å². The van der Waals surface area contributed by atoms with Gasteiger partial charge in [0.2, 0.25) is 0 Å². The Bertz CT molecular complexity index is 632. The van der Waals surface area contributed by atoms with Gasteiger partial charge in [-0.15, -0.1) is 0 Å². The highest BCUT2D eigenvalue weighted by Gasteiger charge is 2.66. The van der Waals surface area contributed by atoms with Crippen LogP contribution in [0.3, 0.4) is 0 Å². The number of hydrogen-bond acceptors (Lipinski definition) is 2. The summed E-state index contributed by atoms with van der Waals surface area (Å²) in [6, 6.07) is 0. The first-order valence-corrected chi connectivity index (χ1v) is 9.71. The predicted molar refractivity (Wildman–Crippen MR) is 88.7 cm³/mol. The van der Waals surface area contributed by atoms with E-state index >= 15 is 0 Å². The van der Waals surface area contributed by atoms with Crippen molar-refractivity contribution in [3.8, 4) is 0 Å². The maximum absolute atomic E-state index is 12.2. The SMILES string of the molecule is CC(=O)[C@H]1CC[C@H]2[C@@H]3C[C@H]4C[C@@]5(CCC(=O)C=C45)[C@H]3CC[C@]12C. The lowest BCUT2D eigenvalue weighted by Gasteiger charge is -2.68. The van der Waals surface area contributed by atoms with Gasteiger partial charge in [0.1, 0.15) is 5.78 Å². The number of rotatable bonds is 1. The zero-order valence-electron chi connectivity index (χ0n) is 14.4. The Morgan fingerprint density at radius 3 is 2.78 bits per heavy atom. The number of hydrogen-bond donors (Lipinski definition) is 0. The quantitative estimate of drug-likeness (QED) is 0.722. The Balaban J connectivity index is 1.50. The monoisotopic (exact) mass is 312 g/mol. The first kappa shape index (κ1) is 14.4. The number of Topliss-reactive ketones (excluding diaryl/α,β-unsaturated/α-hetero) is 1. The van der Waals surface area contributed by atoms with Crippen molar-refractivity contribution >= 4 is 11.6 Å². The summed E-state index contributed by atoms with van der Waals surface area (Å²) in [4.78, 5) is 24.0. The van der Waals surface area contributed by atoms with Crippen molar-refractivity contribution in [3.05, 3.63) is 11.6 Å². The number of fused-ring (bicyclic) bond motifs is 1. The highest BCUT2D eigenvalue weighted by atomic mass is 16.1. The van der Waals surface area contributed by atoms with Gasteiger partial charge in [0.05, 0.1) is 0 Å². The zero-order chi connectivity index (χ0) is 16.0. The van der Waals surface area contributed by atoms with E-state index in [0.29, 0.717) is 28.8 Å². The second-order valence-corrected chi connectivity index (χ2v) is 9.52. The molecule has 0 heterocycles. The van der Waals surface area contributed by atoms with Crippen LogP contribution in [0.25, 0.3) is 0 Å². The van der Waals surface area contributed by atoms with Crippen molar-refractivity contribution < 1.29 is 9.59 Å². The van der Waals surface area contributed by atoms with Gasteiger partial charge in [-0.2, -0.15) is 0 Å². The summed E-state index contributed by atoms with van der Waals surface area (Å²) < 4.78 is 0. The molecule has 6 aliphatic carbocycles. The molecular weight excluding hydrogens is 284 g/mol. The molecular formula is C21H28O2. The molecule has 7 atom stereocenters. The summed E-state index contributed by atoms with van der Waals surface area (Å²) in [5, 5.41) is 0. The molecule has 2 bridgehead atoms. The summed E-state index contributed by atoms with van der Waals surface area (Å²) in [6.45, 7) is 4.24. The normalized spacial score (nSPS) is 53.6. The molecule has 2 heteroatoms. The Labute approximate surface area is 139 Å². The third-order valence-corrected chi connectivity index (χ3v) is 8.95. The van der Waals surface area contributed by atoms with Gasteiger partial charge in [-0.05, 0) is 92.4 Å². The van der Waals surface area contributed by atoms with E-state index in [1.807, 2.05) is 13.0 Å². The average Bonchev–Trinajstić information content (AvgIpc) is 2.87. The van der Waals surface area contributed by atoms with Gasteiger partial charge in [-0.1, -0.05) is 12.5 Å². The second-order valence-electron chi connectivity index (χ2n) is 9.52. The van der Waals surface area contributed by atoms with Crippen LogP contribution in [0.1, 0.15) is 65.2 Å². The van der Waals surface area contributed by atoms with Gasteiger partial charge in [0, 0.05) is 12.3 Å². The lowest BCUT2D eigenvalue weighted by molar-refractivity contribution is -0.140. The molecule has 1 spiro atoms. The maximum atomic E-state index is 12.2. The third kappa shape index (κ3) is 1.61. The molecule has 6 aliphatic rings. The minimum absolute atomic E-state index is 0.266. The second kappa shape index (κ2) is 4.37. The van der Waals surface area contributed by atoms with E-state index in [9.17, 15) is 9.59 Å². The average molecular weight is 312 g/mol. The van der Waals surface area contributed by atoms with E-state index in [4.69, 9.17) is 0 Å². The molecule has 0 N–H and O–H groups in total. The molecule has 0 saturated heterocycles. The van der Waals surface area contributed by atoms with E-state index in [1.54, 1.807) is 5.57 Å². The van der Waals surface area contributed by atoms with Crippen LogP contribution in [0, 0.1) is 40.4 Å². The van der Waals surface area contributed by atoms with Gasteiger partial charge in [0.25, 0.3) is 0 Å². The van der Waals surface area contributed by atoms with Crippen molar-refractivity contribution in [2.45, 2.75) is 65.2 Å². The molecule has 23 heavy (non-hydrogen) atoms. The largest absolute Gasteiger partial charge is 0.300 e. The number of carbonyl (C=O) groups is 2. The van der Waals surface area contributed by atoms with E-state index < -0.39 is 0 Å². The Hall–Kier alpha value is -0.920. The van der Waals surface area contributed by atoms with Crippen LogP contribution in [0.15, 0.2) is 11.6 Å². The molecule has 0 aromatic carbocycles. The van der Waals surface area contributed by atoms with Crippen LogP contribution in [0.4, 0.5) is 0 Å². The molecule has 0 aromatic heterocycles. The van der Waals surface area contributed by atoms with E-state index in [1.165, 1.54) is 32.1 Å². The van der Waals surface area contributed by atoms with Crippen molar-refractivity contribution in [1.29, 1.82) is 0 Å². The van der Waals surface area contributed by atoms with Crippen molar-refractivity contribution in [2.75, 3.05) is 0 Å². The fourth-order valence-corrected chi connectivity index (χ4v) is 8.10. The van der Waals surface area contributed by atoms with Gasteiger partial charge in [-0.25, -0.2) is 0 Å². The summed E-state index contributed by atoms with van der Waals surface area (Å²) in [5.41, 5.74) is 2.21. The van der Waals surface area contributed by atoms with Crippen LogP contribution < -0.4 is 0 Å². The molecule has 0 amide bonds. The maximum Gasteiger partial charge on any atom is 0.155 e. The third-order valence-electron chi connectivity index (χ3n) is 8.95. The number of ketones is 2. The standard InChI is InChI=1S/C21H28O2/c1-12(22)16-3-4-17-15-9-13-11-21(8-5-14(23)10-19(13)21)18(15)6-7-20(16,17)2/h10,13,15-18H,3-9,11H2,1-2H3/t13-,15-,16+,17-,18-,20+,21-/m0/s1. The minimum Gasteiger partial charge on any atom is -0.300 e. The van der Waals surface area contributed by atoms with Gasteiger partial charge >= 0.3 is 0 Å². The van der Waals surface area contributed by atoms with Gasteiger partial charge in [0.15, 0.2) is 5.78 Å². The van der Waals surface area contributed by atoms with Gasteiger partial charge in [-0.3, -0.25) is 9.59 Å². The fourth-order valence-electron chi connectivity index (χ4n) is 8.10. The van der Waals surface area contributed by atoms with Crippen LogP contribution in [-0.2, 0) is 9.59 Å². The van der Waals surface area contributed by atoms with Crippen LogP contribution in [0.5, 0.6) is 0 Å². The van der Waals surface area contributed by atoms with Crippen molar-refractivity contribution in [1.82, 2.24) is 0 Å². The first-order chi connectivity index (χ1) is 11.0. The highest BCUT2D eigenvalue weighted by Crippen LogP contribution is 2.74. The lowest BCUT2D eigenvalue weighted by Crippen LogP contribution is -2.60. The highest BCUT2D eigenvalue weighted by molar-refractivity contribution is 5.92. The molecule has 5 fully saturated rings. The lowest BCUT2D eigenvalue weighted by atomic mass is 9.36. The number of carbonyl (C=O) groups excluding carboxylic acids is 2.